The Hall–Kier alpha value is -0.770. The van der Waals surface area contributed by atoms with Crippen LogP contribution in [0, 0.1) is 50.7 Å². The molecule has 0 aromatic rings. The van der Waals surface area contributed by atoms with E-state index in [-0.39, 0.29) is 52.0 Å². The number of carbonyl (C=O) groups excluding carboxylic acids is 1. The van der Waals surface area contributed by atoms with E-state index in [0.29, 0.717) is 30.3 Å². The van der Waals surface area contributed by atoms with E-state index in [1.54, 1.807) is 13.8 Å². The second-order valence-corrected chi connectivity index (χ2v) is 17.9. The number of ether oxygens (including phenoxy) is 4. The fraction of sp³-hybridized carbons (Fsp3) is 0.972. The normalized spacial score (nSPS) is 53.3. The molecule has 14 atom stereocenters. The van der Waals surface area contributed by atoms with Gasteiger partial charge in [0.1, 0.15) is 0 Å². The average molecular weight is 618 g/mol. The number of morpholine rings is 1. The lowest BCUT2D eigenvalue weighted by molar-refractivity contribution is -0.237. The summed E-state index contributed by atoms with van der Waals surface area (Å²) in [5.74, 6) is 1.16. The third-order valence-electron chi connectivity index (χ3n) is 15.3. The second kappa shape index (κ2) is 10.1. The Morgan fingerprint density at radius 1 is 1.05 bits per heavy atom. The third kappa shape index (κ3) is 4.12. The fourth-order valence-corrected chi connectivity index (χ4v) is 13.4. The molecule has 44 heavy (non-hydrogen) atoms. The smallest absolute Gasteiger partial charge is 0.303 e. The minimum atomic E-state index is -1.25. The van der Waals surface area contributed by atoms with Crippen LogP contribution in [0.1, 0.15) is 107 Å². The Morgan fingerprint density at radius 2 is 1.75 bits per heavy atom. The molecule has 0 aromatic carbocycles. The van der Waals surface area contributed by atoms with E-state index >= 15 is 0 Å². The molecule has 0 amide bonds. The first-order chi connectivity index (χ1) is 20.5. The average Bonchev–Trinajstić information content (AvgIpc) is 3.58. The minimum absolute atomic E-state index is 0.0409. The number of hydrogen-bond donors (Lipinski definition) is 3. The van der Waals surface area contributed by atoms with E-state index in [9.17, 15) is 15.0 Å². The molecule has 2 heterocycles. The maximum atomic E-state index is 12.5. The Morgan fingerprint density at radius 3 is 2.41 bits per heavy atom. The molecule has 8 heteroatoms. The molecule has 0 aromatic heterocycles. The van der Waals surface area contributed by atoms with E-state index in [4.69, 9.17) is 18.9 Å². The largest absolute Gasteiger partial charge is 0.457 e. The van der Waals surface area contributed by atoms with E-state index in [2.05, 4.69) is 39.9 Å². The zero-order valence-corrected chi connectivity index (χ0v) is 28.5. The van der Waals surface area contributed by atoms with Crippen LogP contribution in [0.3, 0.4) is 0 Å². The molecule has 0 radical (unpaired) electrons. The van der Waals surface area contributed by atoms with Gasteiger partial charge in [-0.15, -0.1) is 0 Å². The maximum absolute atomic E-state index is 12.5. The second-order valence-electron chi connectivity index (χ2n) is 17.9. The van der Waals surface area contributed by atoms with Gasteiger partial charge < -0.3 is 34.5 Å². The first-order valence-electron chi connectivity index (χ1n) is 17.7. The lowest BCUT2D eigenvalue weighted by atomic mass is 9.41. The van der Waals surface area contributed by atoms with E-state index in [1.165, 1.54) is 32.6 Å². The number of carbonyl (C=O) groups is 1. The van der Waals surface area contributed by atoms with E-state index in [1.807, 2.05) is 0 Å². The highest BCUT2D eigenvalue weighted by molar-refractivity contribution is 5.66. The standard InChI is InChI=1S/C36H59NO7/c1-20-17-22(30(32(5,6)40)42-21(2)38)43-28-27(20)33(7)13-14-36-19-35(36)12-11-25(44-26-18-37-15-16-41-26)31(3,4)23(35)9-10-24(36)34(33,8)29(28)39/h20,22-30,37,39-40H,9-19H2,1-8H3/t20-,22-,23+,24+,25+,26+,27?,28?,29+,30+,33-,34-,35-,36+/m1/s1. The highest BCUT2D eigenvalue weighted by atomic mass is 16.7. The summed E-state index contributed by atoms with van der Waals surface area (Å²) in [5, 5.41) is 26.9. The highest BCUT2D eigenvalue weighted by Gasteiger charge is 2.84. The Labute approximate surface area is 264 Å². The fourth-order valence-electron chi connectivity index (χ4n) is 13.4. The van der Waals surface area contributed by atoms with Crippen LogP contribution in [0.2, 0.25) is 0 Å². The van der Waals surface area contributed by atoms with Crippen molar-refractivity contribution in [3.63, 3.8) is 0 Å². The molecule has 5 saturated carbocycles. The van der Waals surface area contributed by atoms with Crippen molar-refractivity contribution in [1.82, 2.24) is 5.32 Å². The first-order valence-corrected chi connectivity index (χ1v) is 17.7. The molecule has 2 saturated heterocycles. The molecule has 7 rings (SSSR count). The molecule has 8 nitrogen and oxygen atoms in total. The number of aliphatic hydroxyl groups excluding tert-OH is 1. The molecule has 250 valence electrons. The van der Waals surface area contributed by atoms with E-state index in [0.717, 1.165) is 32.4 Å². The first kappa shape index (κ1) is 31.8. The molecule has 7 fully saturated rings. The van der Waals surface area contributed by atoms with Gasteiger partial charge in [-0.1, -0.05) is 34.6 Å². The maximum Gasteiger partial charge on any atom is 0.303 e. The van der Waals surface area contributed by atoms with Crippen LogP contribution in [0.15, 0.2) is 0 Å². The summed E-state index contributed by atoms with van der Waals surface area (Å²) in [6.45, 7) is 19.2. The van der Waals surface area contributed by atoms with Gasteiger partial charge in [-0.05, 0) is 111 Å². The Balaban J connectivity index is 1.16. The molecular formula is C36H59NO7. The van der Waals surface area contributed by atoms with Crippen molar-refractivity contribution in [2.45, 2.75) is 149 Å². The molecular weight excluding hydrogens is 558 g/mol. The molecule has 3 N–H and O–H groups in total. The number of aliphatic hydroxyl groups is 2. The molecule has 5 aliphatic carbocycles. The number of rotatable bonds is 5. The summed E-state index contributed by atoms with van der Waals surface area (Å²) in [4.78, 5) is 12.0. The van der Waals surface area contributed by atoms with Gasteiger partial charge in [0, 0.05) is 25.4 Å². The van der Waals surface area contributed by atoms with Crippen molar-refractivity contribution < 1.29 is 34.0 Å². The lowest BCUT2D eigenvalue weighted by Gasteiger charge is -2.64. The highest BCUT2D eigenvalue weighted by Crippen LogP contribution is 2.89. The Kier molecular flexibility index (Phi) is 7.32. The zero-order chi connectivity index (χ0) is 31.7. The van der Waals surface area contributed by atoms with Crippen LogP contribution >= 0.6 is 0 Å². The van der Waals surface area contributed by atoms with Gasteiger partial charge in [0.2, 0.25) is 0 Å². The van der Waals surface area contributed by atoms with Crippen LogP contribution < -0.4 is 5.32 Å². The lowest BCUT2D eigenvalue weighted by Crippen LogP contribution is -2.60. The monoisotopic (exact) mass is 617 g/mol. The summed E-state index contributed by atoms with van der Waals surface area (Å²) >= 11 is 0. The Bertz CT molecular complexity index is 1150. The van der Waals surface area contributed by atoms with Gasteiger partial charge in [0.15, 0.2) is 12.4 Å². The molecule has 2 spiro atoms. The number of esters is 1. The predicted octanol–water partition coefficient (Wildman–Crippen LogP) is 4.83. The van der Waals surface area contributed by atoms with Crippen molar-refractivity contribution in [3.05, 3.63) is 0 Å². The van der Waals surface area contributed by atoms with Gasteiger partial charge in [0.25, 0.3) is 0 Å². The summed E-state index contributed by atoms with van der Waals surface area (Å²) in [5.41, 5.74) is -0.862. The molecule has 7 aliphatic rings. The van der Waals surface area contributed by atoms with Gasteiger partial charge >= 0.3 is 5.97 Å². The molecule has 0 bridgehead atoms. The van der Waals surface area contributed by atoms with Crippen molar-refractivity contribution in [2.24, 2.45) is 50.7 Å². The summed E-state index contributed by atoms with van der Waals surface area (Å²) in [7, 11) is 0. The third-order valence-corrected chi connectivity index (χ3v) is 15.3. The quantitative estimate of drug-likeness (QED) is 0.377. The van der Waals surface area contributed by atoms with Crippen molar-refractivity contribution in [1.29, 1.82) is 0 Å². The van der Waals surface area contributed by atoms with Crippen LogP contribution in [-0.4, -0.2) is 78.3 Å². The predicted molar refractivity (Wildman–Crippen MR) is 165 cm³/mol. The molecule has 2 aliphatic heterocycles. The van der Waals surface area contributed by atoms with Gasteiger partial charge in [-0.25, -0.2) is 0 Å². The minimum Gasteiger partial charge on any atom is -0.457 e. The van der Waals surface area contributed by atoms with Crippen LogP contribution in [0.25, 0.3) is 0 Å². The number of nitrogens with one attached hydrogen (secondary N) is 1. The topological polar surface area (TPSA) is 106 Å². The summed E-state index contributed by atoms with van der Waals surface area (Å²) in [6.07, 6.45) is 6.87. The van der Waals surface area contributed by atoms with Gasteiger partial charge in [-0.2, -0.15) is 0 Å². The number of hydrogen-bond acceptors (Lipinski definition) is 8. The van der Waals surface area contributed by atoms with Gasteiger partial charge in [0.05, 0.1) is 36.6 Å². The SMILES string of the molecule is CC(=O)O[C@@H]([C@H]1C[C@@H](C)C2C(O1)[C@H](O)[C@@]1(C)[C@@H]3CC[C@H]4C(C)(C)[C@@H](O[C@H]5CNCCO5)CC[C@@]45C[C@@]35CC[C@]21C)C(C)(C)O. The number of fused-ring (bicyclic) bond motifs is 4. The van der Waals surface area contributed by atoms with Gasteiger partial charge in [-0.3, -0.25) is 4.79 Å². The van der Waals surface area contributed by atoms with Crippen molar-refractivity contribution in [3.8, 4) is 0 Å². The zero-order valence-electron chi connectivity index (χ0n) is 28.5. The molecule has 2 unspecified atom stereocenters. The van der Waals surface area contributed by atoms with Crippen LogP contribution in [-0.2, 0) is 23.7 Å². The van der Waals surface area contributed by atoms with Crippen LogP contribution in [0.5, 0.6) is 0 Å². The van der Waals surface area contributed by atoms with E-state index < -0.39 is 29.9 Å². The van der Waals surface area contributed by atoms with Crippen molar-refractivity contribution >= 4 is 5.97 Å². The van der Waals surface area contributed by atoms with Crippen molar-refractivity contribution in [2.75, 3.05) is 19.7 Å². The summed E-state index contributed by atoms with van der Waals surface area (Å²) < 4.78 is 25.2. The summed E-state index contributed by atoms with van der Waals surface area (Å²) in [6, 6.07) is 0. The van der Waals surface area contributed by atoms with Crippen LogP contribution in [0.4, 0.5) is 0 Å².